The molecule has 0 spiro atoms. The quantitative estimate of drug-likeness (QED) is 0.181. The Morgan fingerprint density at radius 3 is 2.33 bits per heavy atom. The third-order valence-electron chi connectivity index (χ3n) is 4.06. The molecule has 0 fully saturated rings. The van der Waals surface area contributed by atoms with E-state index in [2.05, 4.69) is 57.8 Å². The van der Waals surface area contributed by atoms with Crippen LogP contribution in [0, 0.1) is 0 Å². The molecule has 156 valence electrons. The summed E-state index contributed by atoms with van der Waals surface area (Å²) in [6.07, 6.45) is 3.16. The maximum atomic E-state index is 5.45. The predicted octanol–water partition coefficient (Wildman–Crippen LogP) is 3.13. The molecule has 0 aliphatic heterocycles. The number of hydrogen-bond donors (Lipinski definition) is 2. The SMILES string of the molecule is CCN(CCCNC(=NC)NCCCCOCCOC)c1ccccc1.I. The molecule has 0 bridgehead atoms. The fourth-order valence-corrected chi connectivity index (χ4v) is 2.59. The first-order valence-corrected chi connectivity index (χ1v) is 9.63. The highest BCUT2D eigenvalue weighted by molar-refractivity contribution is 14.0. The lowest BCUT2D eigenvalue weighted by molar-refractivity contribution is 0.0689. The zero-order valence-corrected chi connectivity index (χ0v) is 19.4. The topological polar surface area (TPSA) is 58.1 Å². The van der Waals surface area contributed by atoms with Gasteiger partial charge in [0.2, 0.25) is 0 Å². The van der Waals surface area contributed by atoms with E-state index in [-0.39, 0.29) is 24.0 Å². The predicted molar refractivity (Wildman–Crippen MR) is 126 cm³/mol. The molecule has 1 aromatic rings. The van der Waals surface area contributed by atoms with Crippen LogP contribution >= 0.6 is 24.0 Å². The first-order valence-electron chi connectivity index (χ1n) is 9.63. The molecule has 2 N–H and O–H groups in total. The minimum Gasteiger partial charge on any atom is -0.382 e. The first kappa shape index (κ1) is 25.9. The van der Waals surface area contributed by atoms with Crippen molar-refractivity contribution in [2.45, 2.75) is 26.2 Å². The van der Waals surface area contributed by atoms with E-state index < -0.39 is 0 Å². The second-order valence-electron chi connectivity index (χ2n) is 6.01. The number of hydrogen-bond acceptors (Lipinski definition) is 4. The van der Waals surface area contributed by atoms with Gasteiger partial charge < -0.3 is 25.0 Å². The van der Waals surface area contributed by atoms with Gasteiger partial charge in [0, 0.05) is 52.6 Å². The number of para-hydroxylation sites is 1. The molecule has 0 atom stereocenters. The van der Waals surface area contributed by atoms with Gasteiger partial charge in [0.1, 0.15) is 0 Å². The number of benzene rings is 1. The summed E-state index contributed by atoms with van der Waals surface area (Å²) in [5, 5.41) is 6.73. The molecule has 0 saturated carbocycles. The fraction of sp³-hybridized carbons (Fsp3) is 0.650. The Hall–Kier alpha value is -1.06. The van der Waals surface area contributed by atoms with Gasteiger partial charge in [0.05, 0.1) is 13.2 Å². The molecule has 1 rings (SSSR count). The summed E-state index contributed by atoms with van der Waals surface area (Å²) < 4.78 is 10.4. The van der Waals surface area contributed by atoms with Crippen molar-refractivity contribution >= 4 is 35.6 Å². The summed E-state index contributed by atoms with van der Waals surface area (Å²) in [5.74, 6) is 0.869. The van der Waals surface area contributed by atoms with Crippen molar-refractivity contribution in [1.82, 2.24) is 10.6 Å². The molecular formula is C20H37IN4O2. The lowest BCUT2D eigenvalue weighted by atomic mass is 10.2. The molecule has 27 heavy (non-hydrogen) atoms. The van der Waals surface area contributed by atoms with E-state index in [4.69, 9.17) is 9.47 Å². The number of nitrogens with one attached hydrogen (secondary N) is 2. The van der Waals surface area contributed by atoms with Crippen LogP contribution in [-0.4, -0.2) is 66.1 Å². The molecule has 0 saturated heterocycles. The number of anilines is 1. The van der Waals surface area contributed by atoms with E-state index >= 15 is 0 Å². The van der Waals surface area contributed by atoms with Crippen LogP contribution in [-0.2, 0) is 9.47 Å². The summed E-state index contributed by atoms with van der Waals surface area (Å²) in [4.78, 5) is 6.66. The number of nitrogens with zero attached hydrogens (tertiary/aromatic N) is 2. The Balaban J connectivity index is 0.00000676. The van der Waals surface area contributed by atoms with Gasteiger partial charge in [-0.3, -0.25) is 4.99 Å². The molecular weight excluding hydrogens is 455 g/mol. The average molecular weight is 492 g/mol. The van der Waals surface area contributed by atoms with Crippen molar-refractivity contribution in [3.8, 4) is 0 Å². The van der Waals surface area contributed by atoms with Gasteiger partial charge in [-0.05, 0) is 38.3 Å². The maximum Gasteiger partial charge on any atom is 0.190 e. The van der Waals surface area contributed by atoms with Gasteiger partial charge in [-0.2, -0.15) is 0 Å². The molecule has 0 radical (unpaired) electrons. The second-order valence-corrected chi connectivity index (χ2v) is 6.01. The van der Waals surface area contributed by atoms with Crippen LogP contribution in [0.2, 0.25) is 0 Å². The lowest BCUT2D eigenvalue weighted by Gasteiger charge is -2.23. The Morgan fingerprint density at radius 2 is 1.70 bits per heavy atom. The maximum absolute atomic E-state index is 5.45. The monoisotopic (exact) mass is 492 g/mol. The van der Waals surface area contributed by atoms with Gasteiger partial charge in [0.15, 0.2) is 5.96 Å². The van der Waals surface area contributed by atoms with Crippen LogP contribution in [0.3, 0.4) is 0 Å². The number of guanidine groups is 1. The van der Waals surface area contributed by atoms with E-state index in [9.17, 15) is 0 Å². The number of methoxy groups -OCH3 is 1. The summed E-state index contributed by atoms with van der Waals surface area (Å²) in [5.41, 5.74) is 1.28. The van der Waals surface area contributed by atoms with Crippen molar-refractivity contribution in [3.63, 3.8) is 0 Å². The molecule has 6 nitrogen and oxygen atoms in total. The smallest absolute Gasteiger partial charge is 0.190 e. The molecule has 1 aromatic carbocycles. The number of halogens is 1. The number of unbranched alkanes of at least 4 members (excludes halogenated alkanes) is 1. The van der Waals surface area contributed by atoms with Crippen molar-refractivity contribution < 1.29 is 9.47 Å². The highest BCUT2D eigenvalue weighted by Crippen LogP contribution is 2.12. The van der Waals surface area contributed by atoms with Crippen LogP contribution in [0.5, 0.6) is 0 Å². The Bertz CT molecular complexity index is 474. The molecule has 0 aliphatic carbocycles. The molecule has 0 aliphatic rings. The number of aliphatic imine (C=N–C) groups is 1. The van der Waals surface area contributed by atoms with Gasteiger partial charge in [-0.1, -0.05) is 18.2 Å². The highest BCUT2D eigenvalue weighted by Gasteiger charge is 2.03. The van der Waals surface area contributed by atoms with E-state index in [1.165, 1.54) is 5.69 Å². The van der Waals surface area contributed by atoms with Crippen LogP contribution in [0.25, 0.3) is 0 Å². The Kier molecular flexibility index (Phi) is 17.6. The standard InChI is InChI=1S/C20H36N4O2.HI/c1-4-24(19-11-6-5-7-12-19)15-10-14-23-20(21-2)22-13-8-9-16-26-18-17-25-3;/h5-7,11-12H,4,8-10,13-18H2,1-3H3,(H2,21,22,23);1H. The molecule has 0 heterocycles. The van der Waals surface area contributed by atoms with Gasteiger partial charge in [-0.15, -0.1) is 24.0 Å². The third kappa shape index (κ3) is 12.9. The lowest BCUT2D eigenvalue weighted by Crippen LogP contribution is -2.39. The number of ether oxygens (including phenoxy) is 2. The normalized spacial score (nSPS) is 11.0. The van der Waals surface area contributed by atoms with E-state index in [1.54, 1.807) is 7.11 Å². The van der Waals surface area contributed by atoms with E-state index in [1.807, 2.05) is 7.05 Å². The van der Waals surface area contributed by atoms with Crippen molar-refractivity contribution in [1.29, 1.82) is 0 Å². The minimum absolute atomic E-state index is 0. The van der Waals surface area contributed by atoms with Gasteiger partial charge in [-0.25, -0.2) is 0 Å². The fourth-order valence-electron chi connectivity index (χ4n) is 2.59. The average Bonchev–Trinajstić information content (AvgIpc) is 2.69. The zero-order valence-electron chi connectivity index (χ0n) is 17.1. The van der Waals surface area contributed by atoms with Crippen LogP contribution in [0.1, 0.15) is 26.2 Å². The third-order valence-corrected chi connectivity index (χ3v) is 4.06. The second kappa shape index (κ2) is 18.3. The van der Waals surface area contributed by atoms with Crippen LogP contribution < -0.4 is 15.5 Å². The van der Waals surface area contributed by atoms with Gasteiger partial charge in [0.25, 0.3) is 0 Å². The summed E-state index contributed by atoms with van der Waals surface area (Å²) in [6.45, 7) is 8.16. The first-order chi connectivity index (χ1) is 12.8. The number of rotatable bonds is 14. The summed E-state index contributed by atoms with van der Waals surface area (Å²) in [7, 11) is 3.50. The van der Waals surface area contributed by atoms with Gasteiger partial charge >= 0.3 is 0 Å². The highest BCUT2D eigenvalue weighted by atomic mass is 127. The van der Waals surface area contributed by atoms with E-state index in [0.717, 1.165) is 58.0 Å². The molecule has 0 aromatic heterocycles. The largest absolute Gasteiger partial charge is 0.382 e. The Labute approximate surface area is 182 Å². The van der Waals surface area contributed by atoms with Crippen molar-refractivity contribution in [2.24, 2.45) is 4.99 Å². The minimum atomic E-state index is 0. The molecule has 0 amide bonds. The summed E-state index contributed by atoms with van der Waals surface area (Å²) in [6, 6.07) is 10.6. The van der Waals surface area contributed by atoms with Crippen molar-refractivity contribution in [2.75, 3.05) is 65.1 Å². The summed E-state index contributed by atoms with van der Waals surface area (Å²) >= 11 is 0. The Morgan fingerprint density at radius 1 is 1.00 bits per heavy atom. The van der Waals surface area contributed by atoms with E-state index in [0.29, 0.717) is 13.2 Å². The van der Waals surface area contributed by atoms with Crippen molar-refractivity contribution in [3.05, 3.63) is 30.3 Å². The molecule has 7 heteroatoms. The zero-order chi connectivity index (χ0) is 18.9. The molecule has 0 unspecified atom stereocenters. The van der Waals surface area contributed by atoms with Crippen LogP contribution in [0.4, 0.5) is 5.69 Å². The van der Waals surface area contributed by atoms with Crippen LogP contribution in [0.15, 0.2) is 35.3 Å².